The number of amides is 3. The minimum Gasteiger partial charge on any atom is -0.495 e. The van der Waals surface area contributed by atoms with E-state index in [1.54, 1.807) is 12.1 Å². The van der Waals surface area contributed by atoms with Gasteiger partial charge in [-0.05, 0) is 31.5 Å². The number of hydrogen-bond acceptors (Lipinski definition) is 5. The molecule has 0 aliphatic carbocycles. The van der Waals surface area contributed by atoms with Crippen LogP contribution in [0, 0.1) is 0 Å². The van der Waals surface area contributed by atoms with E-state index in [4.69, 9.17) is 16.3 Å². The van der Waals surface area contributed by atoms with Crippen molar-refractivity contribution in [2.45, 2.75) is 25.4 Å². The normalized spacial score (nSPS) is 19.7. The van der Waals surface area contributed by atoms with Crippen molar-refractivity contribution in [2.24, 2.45) is 0 Å². The molecular weight excluding hydrogens is 370 g/mol. The van der Waals surface area contributed by atoms with Crippen molar-refractivity contribution < 1.29 is 22.7 Å². The lowest BCUT2D eigenvalue weighted by atomic mass is 10.2. The maximum absolute atomic E-state index is 12.2. The molecule has 2 rings (SSSR count). The molecule has 1 aromatic rings. The third-order valence-corrected chi connectivity index (χ3v) is 5.73. The number of benzene rings is 1. The number of hydrogen-bond donors (Lipinski definition) is 3. The van der Waals surface area contributed by atoms with Crippen LogP contribution in [-0.2, 0) is 14.6 Å². The summed E-state index contributed by atoms with van der Waals surface area (Å²) < 4.78 is 27.9. The molecule has 1 aliphatic heterocycles. The number of ether oxygens (including phenoxy) is 1. The Morgan fingerprint density at radius 3 is 2.68 bits per heavy atom. The van der Waals surface area contributed by atoms with E-state index in [0.29, 0.717) is 22.9 Å². The average Bonchev–Trinajstić information content (AvgIpc) is 2.86. The van der Waals surface area contributed by atoms with Gasteiger partial charge in [0.15, 0.2) is 9.84 Å². The standard InChI is InChI=1S/C15H20ClN3O5S/c1-9(17-15(21)18-11-5-6-25(22,23)8-11)14(20)19-12-7-10(16)3-4-13(12)24-2/h3-4,7,9,11H,5-6,8H2,1-2H3,(H,19,20)(H2,17,18,21)/t9-,11?/m0/s1. The van der Waals surface area contributed by atoms with Crippen molar-refractivity contribution in [1.82, 2.24) is 10.6 Å². The summed E-state index contributed by atoms with van der Waals surface area (Å²) in [7, 11) is -1.62. The summed E-state index contributed by atoms with van der Waals surface area (Å²) in [5, 5.41) is 8.09. The first-order chi connectivity index (χ1) is 11.7. The van der Waals surface area contributed by atoms with Crippen LogP contribution in [0.5, 0.6) is 5.75 Å². The van der Waals surface area contributed by atoms with E-state index in [-0.39, 0.29) is 11.5 Å². The van der Waals surface area contributed by atoms with Gasteiger partial charge in [0.05, 0.1) is 24.3 Å². The second kappa shape index (κ2) is 7.92. The molecule has 2 atom stereocenters. The molecule has 10 heteroatoms. The summed E-state index contributed by atoms with van der Waals surface area (Å²) in [6.45, 7) is 1.51. The monoisotopic (exact) mass is 389 g/mol. The molecule has 25 heavy (non-hydrogen) atoms. The lowest BCUT2D eigenvalue weighted by Crippen LogP contribution is -2.49. The second-order valence-electron chi connectivity index (χ2n) is 5.77. The molecular formula is C15H20ClN3O5S. The average molecular weight is 390 g/mol. The van der Waals surface area contributed by atoms with Gasteiger partial charge in [-0.1, -0.05) is 11.6 Å². The molecule has 8 nitrogen and oxygen atoms in total. The first-order valence-electron chi connectivity index (χ1n) is 7.62. The number of sulfone groups is 1. The predicted molar refractivity (Wildman–Crippen MR) is 94.8 cm³/mol. The van der Waals surface area contributed by atoms with Gasteiger partial charge >= 0.3 is 6.03 Å². The van der Waals surface area contributed by atoms with E-state index in [1.165, 1.54) is 20.1 Å². The van der Waals surface area contributed by atoms with Gasteiger partial charge < -0.3 is 20.7 Å². The molecule has 1 fully saturated rings. The molecule has 1 unspecified atom stereocenters. The zero-order valence-electron chi connectivity index (χ0n) is 13.8. The van der Waals surface area contributed by atoms with Crippen LogP contribution >= 0.6 is 11.6 Å². The quantitative estimate of drug-likeness (QED) is 0.699. The Labute approximate surface area is 151 Å². The molecule has 0 radical (unpaired) electrons. The number of nitrogens with one attached hydrogen (secondary N) is 3. The highest BCUT2D eigenvalue weighted by Crippen LogP contribution is 2.27. The van der Waals surface area contributed by atoms with Crippen molar-refractivity contribution in [1.29, 1.82) is 0 Å². The Hall–Kier alpha value is -2.00. The SMILES string of the molecule is COc1ccc(Cl)cc1NC(=O)[C@H](C)NC(=O)NC1CCS(=O)(=O)C1. The van der Waals surface area contributed by atoms with Crippen LogP contribution in [0.25, 0.3) is 0 Å². The lowest BCUT2D eigenvalue weighted by molar-refractivity contribution is -0.117. The van der Waals surface area contributed by atoms with Gasteiger partial charge in [-0.2, -0.15) is 0 Å². The molecule has 1 aromatic carbocycles. The number of carbonyl (C=O) groups is 2. The molecule has 3 N–H and O–H groups in total. The molecule has 0 saturated carbocycles. The number of methoxy groups -OCH3 is 1. The zero-order chi connectivity index (χ0) is 18.6. The van der Waals surface area contributed by atoms with E-state index in [0.717, 1.165) is 0 Å². The van der Waals surface area contributed by atoms with Crippen LogP contribution in [0.3, 0.4) is 0 Å². The molecule has 3 amide bonds. The fraction of sp³-hybridized carbons (Fsp3) is 0.467. The van der Waals surface area contributed by atoms with Crippen molar-refractivity contribution in [3.8, 4) is 5.75 Å². The fourth-order valence-corrected chi connectivity index (χ4v) is 4.26. The van der Waals surface area contributed by atoms with Gasteiger partial charge in [-0.3, -0.25) is 4.79 Å². The van der Waals surface area contributed by atoms with Crippen LogP contribution in [0.2, 0.25) is 5.02 Å². The Bertz CT molecular complexity index is 768. The molecule has 0 spiro atoms. The summed E-state index contributed by atoms with van der Waals surface area (Å²) >= 11 is 5.90. The number of anilines is 1. The van der Waals surface area contributed by atoms with E-state index in [9.17, 15) is 18.0 Å². The van der Waals surface area contributed by atoms with Crippen molar-refractivity contribution >= 4 is 39.1 Å². The highest BCUT2D eigenvalue weighted by molar-refractivity contribution is 7.91. The van der Waals surface area contributed by atoms with Gasteiger partial charge in [-0.15, -0.1) is 0 Å². The van der Waals surface area contributed by atoms with Gasteiger partial charge in [0.25, 0.3) is 0 Å². The Morgan fingerprint density at radius 2 is 2.08 bits per heavy atom. The lowest BCUT2D eigenvalue weighted by Gasteiger charge is -2.18. The Morgan fingerprint density at radius 1 is 1.36 bits per heavy atom. The third-order valence-electron chi connectivity index (χ3n) is 3.73. The molecule has 1 saturated heterocycles. The van der Waals surface area contributed by atoms with E-state index >= 15 is 0 Å². The topological polar surface area (TPSA) is 114 Å². The van der Waals surface area contributed by atoms with Gasteiger partial charge in [0.1, 0.15) is 11.8 Å². The summed E-state index contributed by atoms with van der Waals surface area (Å²) in [5.74, 6) is -0.0520. The second-order valence-corrected chi connectivity index (χ2v) is 8.44. The summed E-state index contributed by atoms with van der Waals surface area (Å²) in [6, 6.07) is 2.90. The van der Waals surface area contributed by atoms with Crippen LogP contribution in [0.1, 0.15) is 13.3 Å². The minimum atomic E-state index is -3.09. The maximum atomic E-state index is 12.2. The number of carbonyl (C=O) groups excluding carboxylic acids is 2. The summed E-state index contributed by atoms with van der Waals surface area (Å²) in [6.07, 6.45) is 0.371. The van der Waals surface area contributed by atoms with Crippen LogP contribution in [-0.4, -0.2) is 51.1 Å². The maximum Gasteiger partial charge on any atom is 0.315 e. The Balaban J connectivity index is 1.90. The third kappa shape index (κ3) is 5.50. The molecule has 1 aliphatic rings. The smallest absolute Gasteiger partial charge is 0.315 e. The minimum absolute atomic E-state index is 0.0581. The number of rotatable bonds is 5. The van der Waals surface area contributed by atoms with Gasteiger partial charge in [0.2, 0.25) is 5.91 Å². The zero-order valence-corrected chi connectivity index (χ0v) is 15.4. The fourth-order valence-electron chi connectivity index (χ4n) is 2.42. The number of urea groups is 1. The number of halogens is 1. The predicted octanol–water partition coefficient (Wildman–Crippen LogP) is 1.16. The van der Waals surface area contributed by atoms with Crippen LogP contribution in [0.15, 0.2) is 18.2 Å². The Kier molecular flexibility index (Phi) is 6.12. The van der Waals surface area contributed by atoms with Crippen molar-refractivity contribution in [2.75, 3.05) is 23.9 Å². The van der Waals surface area contributed by atoms with Gasteiger partial charge in [0, 0.05) is 11.1 Å². The highest BCUT2D eigenvalue weighted by atomic mass is 35.5. The van der Waals surface area contributed by atoms with Crippen molar-refractivity contribution in [3.63, 3.8) is 0 Å². The van der Waals surface area contributed by atoms with E-state index in [1.807, 2.05) is 0 Å². The van der Waals surface area contributed by atoms with Crippen LogP contribution in [0.4, 0.5) is 10.5 Å². The van der Waals surface area contributed by atoms with Crippen molar-refractivity contribution in [3.05, 3.63) is 23.2 Å². The van der Waals surface area contributed by atoms with E-state index < -0.39 is 33.9 Å². The molecule has 0 bridgehead atoms. The van der Waals surface area contributed by atoms with Crippen LogP contribution < -0.4 is 20.7 Å². The first kappa shape index (κ1) is 19.3. The highest BCUT2D eigenvalue weighted by Gasteiger charge is 2.29. The largest absolute Gasteiger partial charge is 0.495 e. The summed E-state index contributed by atoms with van der Waals surface area (Å²) in [4.78, 5) is 24.1. The van der Waals surface area contributed by atoms with Gasteiger partial charge in [-0.25, -0.2) is 13.2 Å². The summed E-state index contributed by atoms with van der Waals surface area (Å²) in [5.41, 5.74) is 0.385. The first-order valence-corrected chi connectivity index (χ1v) is 9.82. The molecule has 1 heterocycles. The molecule has 0 aromatic heterocycles. The van der Waals surface area contributed by atoms with E-state index in [2.05, 4.69) is 16.0 Å². The molecule has 138 valence electrons.